The van der Waals surface area contributed by atoms with Gasteiger partial charge in [-0.15, -0.1) is 0 Å². The molecule has 1 aliphatic carbocycles. The van der Waals surface area contributed by atoms with Gasteiger partial charge in [0.15, 0.2) is 11.5 Å². The van der Waals surface area contributed by atoms with Crippen molar-refractivity contribution in [2.45, 2.75) is 11.9 Å². The first kappa shape index (κ1) is 8.80. The van der Waals surface area contributed by atoms with Gasteiger partial charge in [-0.2, -0.15) is 0 Å². The summed E-state index contributed by atoms with van der Waals surface area (Å²) in [6.45, 7) is 0. The average molecular weight is 169 g/mol. The van der Waals surface area contributed by atoms with Crippen LogP contribution < -0.4 is 5.73 Å². The van der Waals surface area contributed by atoms with Gasteiger partial charge in [0.25, 0.3) is 0 Å². The maximum atomic E-state index is 9.02. The zero-order valence-corrected chi connectivity index (χ0v) is 6.10. The molecule has 0 fully saturated rings. The van der Waals surface area contributed by atoms with Gasteiger partial charge in [-0.1, -0.05) is 0 Å². The van der Waals surface area contributed by atoms with Crippen LogP contribution in [0.5, 0.6) is 0 Å². The lowest BCUT2D eigenvalue weighted by Gasteiger charge is -2.24. The first-order valence-electron chi connectivity index (χ1n) is 3.22. The summed E-state index contributed by atoms with van der Waals surface area (Å²) in [5, 5.41) is 35.9. The maximum Gasteiger partial charge on any atom is 0.201 e. The molecule has 1 rings (SSSR count). The topological polar surface area (TPSA) is 107 Å². The van der Waals surface area contributed by atoms with Crippen molar-refractivity contribution in [3.05, 3.63) is 23.0 Å². The predicted octanol–water partition coefficient (Wildman–Crippen LogP) is -0.0605. The highest BCUT2D eigenvalue weighted by Crippen LogP contribution is 2.30. The molecule has 2 atom stereocenters. The van der Waals surface area contributed by atoms with Gasteiger partial charge in [-0.25, -0.2) is 0 Å². The monoisotopic (exact) mass is 169 g/mol. The van der Waals surface area contributed by atoms with E-state index in [0.29, 0.717) is 0 Å². The van der Waals surface area contributed by atoms with Crippen molar-refractivity contribution in [2.24, 2.45) is 5.73 Å². The summed E-state index contributed by atoms with van der Waals surface area (Å²) >= 11 is 0. The number of rotatable bonds is 0. The summed E-state index contributed by atoms with van der Waals surface area (Å²) in [5.74, 6) is -4.01. The molecule has 0 aliphatic heterocycles. The minimum absolute atomic E-state index is 0.627. The predicted molar refractivity (Wildman–Crippen MR) is 42.0 cm³/mol. The molecule has 0 spiro atoms. The molecular formula is C6H8BNO4. The lowest BCUT2D eigenvalue weighted by atomic mass is 9.75. The van der Waals surface area contributed by atoms with Crippen LogP contribution in [0.2, 0.25) is 5.82 Å². The molecule has 12 heavy (non-hydrogen) atoms. The Kier molecular flexibility index (Phi) is 1.93. The lowest BCUT2D eigenvalue weighted by Crippen LogP contribution is -2.34. The van der Waals surface area contributed by atoms with E-state index >= 15 is 0 Å². The van der Waals surface area contributed by atoms with E-state index in [1.54, 1.807) is 0 Å². The van der Waals surface area contributed by atoms with Crippen molar-refractivity contribution in [3.63, 3.8) is 0 Å². The van der Waals surface area contributed by atoms with Gasteiger partial charge in [0.2, 0.25) is 5.76 Å². The fourth-order valence-electron chi connectivity index (χ4n) is 0.899. The Labute approximate surface area is 69.8 Å². The third-order valence-electron chi connectivity index (χ3n) is 1.73. The third-order valence-corrected chi connectivity index (χ3v) is 1.73. The van der Waals surface area contributed by atoms with E-state index in [9.17, 15) is 0 Å². The van der Waals surface area contributed by atoms with E-state index in [1.165, 1.54) is 0 Å². The largest absolute Gasteiger partial charge is 0.509 e. The molecule has 64 valence electrons. The Morgan fingerprint density at radius 2 is 1.42 bits per heavy atom. The van der Waals surface area contributed by atoms with Crippen LogP contribution in [0.3, 0.4) is 0 Å². The molecule has 5 nitrogen and oxygen atoms in total. The molecule has 0 aromatic heterocycles. The third kappa shape index (κ3) is 1.00. The van der Waals surface area contributed by atoms with Gasteiger partial charge in [0.05, 0.1) is 13.9 Å². The Balaban J connectivity index is 3.18. The normalized spacial score (nSPS) is 31.1. The molecule has 0 amide bonds. The summed E-state index contributed by atoms with van der Waals surface area (Å²) in [6, 6.07) is -1.10. The standard InChI is InChI=1S/C6H8BNO4/c7-1-2(8)4(10)6(12)5(11)3(1)9/h1-2,9-12H,8H2. The van der Waals surface area contributed by atoms with E-state index in [1.807, 2.05) is 0 Å². The van der Waals surface area contributed by atoms with E-state index in [-0.39, 0.29) is 0 Å². The number of aliphatic hydroxyl groups excluding tert-OH is 4. The van der Waals surface area contributed by atoms with Gasteiger partial charge in [0.1, 0.15) is 5.76 Å². The van der Waals surface area contributed by atoms with Crippen LogP contribution in [0.4, 0.5) is 0 Å². The van der Waals surface area contributed by atoms with Gasteiger partial charge < -0.3 is 26.2 Å². The highest BCUT2D eigenvalue weighted by molar-refractivity contribution is 6.14. The number of nitrogens with two attached hydrogens (primary N) is 1. The second-order valence-corrected chi connectivity index (χ2v) is 2.52. The second-order valence-electron chi connectivity index (χ2n) is 2.52. The first-order valence-corrected chi connectivity index (χ1v) is 3.22. The Morgan fingerprint density at radius 1 is 1.00 bits per heavy atom. The summed E-state index contributed by atoms with van der Waals surface area (Å²) in [4.78, 5) is 0. The number of hydrogen-bond acceptors (Lipinski definition) is 5. The minimum atomic E-state index is -1.10. The summed E-state index contributed by atoms with van der Waals surface area (Å²) < 4.78 is 0. The van der Waals surface area contributed by atoms with Crippen LogP contribution in [0.15, 0.2) is 23.0 Å². The van der Waals surface area contributed by atoms with Gasteiger partial charge in [0, 0.05) is 5.82 Å². The van der Waals surface area contributed by atoms with E-state index < -0.39 is 34.9 Å². The van der Waals surface area contributed by atoms with Crippen LogP contribution in [-0.2, 0) is 0 Å². The molecule has 2 unspecified atom stereocenters. The van der Waals surface area contributed by atoms with Gasteiger partial charge in [-0.05, 0) is 0 Å². The van der Waals surface area contributed by atoms with Crippen LogP contribution in [-0.4, -0.2) is 34.3 Å². The van der Waals surface area contributed by atoms with E-state index in [2.05, 4.69) is 0 Å². The second kappa shape index (κ2) is 2.64. The fraction of sp³-hybridized carbons (Fsp3) is 0.333. The average Bonchev–Trinajstić information content (AvgIpc) is 2.08. The number of aliphatic hydroxyl groups is 4. The van der Waals surface area contributed by atoms with Crippen molar-refractivity contribution >= 4 is 7.85 Å². The summed E-state index contributed by atoms with van der Waals surface area (Å²) in [6.07, 6.45) is 0. The van der Waals surface area contributed by atoms with E-state index in [0.717, 1.165) is 0 Å². The minimum Gasteiger partial charge on any atom is -0.509 e. The Morgan fingerprint density at radius 3 is 1.92 bits per heavy atom. The van der Waals surface area contributed by atoms with Crippen molar-refractivity contribution in [1.82, 2.24) is 0 Å². The molecule has 6 N–H and O–H groups in total. The summed E-state index contributed by atoms with van der Waals surface area (Å²) in [7, 11) is 5.27. The van der Waals surface area contributed by atoms with E-state index in [4.69, 9.17) is 34.0 Å². The molecule has 2 radical (unpaired) electrons. The van der Waals surface area contributed by atoms with Crippen molar-refractivity contribution < 1.29 is 20.4 Å². The molecule has 1 aliphatic rings. The van der Waals surface area contributed by atoms with Gasteiger partial charge in [-0.3, -0.25) is 0 Å². The van der Waals surface area contributed by atoms with Crippen molar-refractivity contribution in [2.75, 3.05) is 0 Å². The SMILES string of the molecule is [B]C1C(O)=C(O)C(O)=C(O)C1N. The fourth-order valence-corrected chi connectivity index (χ4v) is 0.899. The van der Waals surface area contributed by atoms with Crippen LogP contribution in [0.1, 0.15) is 0 Å². The van der Waals surface area contributed by atoms with Crippen molar-refractivity contribution in [3.8, 4) is 0 Å². The number of hydrogen-bond donors (Lipinski definition) is 5. The molecule has 0 saturated heterocycles. The van der Waals surface area contributed by atoms with Gasteiger partial charge >= 0.3 is 0 Å². The summed E-state index contributed by atoms with van der Waals surface area (Å²) in [5.41, 5.74) is 5.27. The van der Waals surface area contributed by atoms with Crippen LogP contribution >= 0.6 is 0 Å². The Bertz CT molecular complexity index is 245. The molecule has 0 aromatic carbocycles. The molecule has 6 heteroatoms. The maximum absolute atomic E-state index is 9.02. The lowest BCUT2D eigenvalue weighted by molar-refractivity contribution is 0.219. The Hall–Kier alpha value is -1.30. The highest BCUT2D eigenvalue weighted by atomic mass is 16.4. The zero-order valence-electron chi connectivity index (χ0n) is 6.10. The van der Waals surface area contributed by atoms with Crippen LogP contribution in [0, 0.1) is 0 Å². The molecule has 0 aromatic rings. The molecule has 0 heterocycles. The smallest absolute Gasteiger partial charge is 0.201 e. The highest BCUT2D eigenvalue weighted by Gasteiger charge is 2.32. The first-order chi connectivity index (χ1) is 5.46. The zero-order chi connectivity index (χ0) is 9.46. The molecular weight excluding hydrogens is 161 g/mol. The molecule has 0 saturated carbocycles. The quantitative estimate of drug-likeness (QED) is 0.326. The van der Waals surface area contributed by atoms with Crippen LogP contribution in [0.25, 0.3) is 0 Å². The van der Waals surface area contributed by atoms with Crippen molar-refractivity contribution in [1.29, 1.82) is 0 Å². The molecule has 0 bridgehead atoms.